The zero-order chi connectivity index (χ0) is 51.5. The molecule has 0 atom stereocenters. The number of thiophene rings is 1. The van der Waals surface area contributed by atoms with Gasteiger partial charge in [0.05, 0.1) is 22.1 Å². The zero-order valence-electron chi connectivity index (χ0n) is 44.9. The molecular weight excluding hydrogens is 940 g/mol. The number of nitrogens with zero attached hydrogens (tertiary/aromatic N) is 4. The maximum absolute atomic E-state index is 5.66. The molecule has 16 rings (SSSR count). The Balaban J connectivity index is 1.05. The van der Waals surface area contributed by atoms with Gasteiger partial charge in [-0.05, 0) is 157 Å². The van der Waals surface area contributed by atoms with Crippen LogP contribution in [0.1, 0.15) is 103 Å². The highest BCUT2D eigenvalue weighted by Crippen LogP contribution is 2.58. The molecule has 4 aliphatic rings. The van der Waals surface area contributed by atoms with Crippen molar-refractivity contribution in [3.63, 3.8) is 0 Å². The number of benzene rings is 9. The Kier molecular flexibility index (Phi) is 8.71. The van der Waals surface area contributed by atoms with Gasteiger partial charge in [-0.25, -0.2) is 4.98 Å². The minimum absolute atomic E-state index is 0.00576. The van der Waals surface area contributed by atoms with Gasteiger partial charge in [0.25, 0.3) is 0 Å². The van der Waals surface area contributed by atoms with E-state index in [1.165, 1.54) is 133 Å². The second kappa shape index (κ2) is 14.8. The Morgan fingerprint density at radius 3 is 1.92 bits per heavy atom. The van der Waals surface area contributed by atoms with Crippen molar-refractivity contribution in [3.8, 4) is 45.0 Å². The van der Waals surface area contributed by atoms with Crippen LogP contribution in [0.3, 0.4) is 0 Å². The molecule has 6 heteroatoms. The quantitative estimate of drug-likeness (QED) is 0.165. The van der Waals surface area contributed by atoms with Gasteiger partial charge in [-0.1, -0.05) is 159 Å². The fourth-order valence-corrected chi connectivity index (χ4v) is 15.6. The maximum Gasteiger partial charge on any atom is 0.333 e. The zero-order valence-corrected chi connectivity index (χ0v) is 45.7. The van der Waals surface area contributed by atoms with Crippen LogP contribution in [0, 0.1) is 0 Å². The fourth-order valence-electron chi connectivity index (χ4n) is 14.5. The van der Waals surface area contributed by atoms with Gasteiger partial charge in [0, 0.05) is 70.2 Å². The van der Waals surface area contributed by atoms with Crippen molar-refractivity contribution >= 4 is 93.5 Å². The second-order valence-electron chi connectivity index (χ2n) is 25.4. The van der Waals surface area contributed by atoms with Crippen molar-refractivity contribution in [2.45, 2.75) is 96.8 Å². The van der Waals surface area contributed by atoms with Crippen molar-refractivity contribution in [2.24, 2.45) is 0 Å². The van der Waals surface area contributed by atoms with Crippen LogP contribution in [0.25, 0.3) is 98.0 Å². The summed E-state index contributed by atoms with van der Waals surface area (Å²) in [6.07, 6.45) is 2.38. The molecule has 368 valence electrons. The van der Waals surface area contributed by atoms with Crippen molar-refractivity contribution in [3.05, 3.63) is 198 Å². The van der Waals surface area contributed by atoms with Crippen LogP contribution in [-0.2, 0) is 21.7 Å². The first-order valence-corrected chi connectivity index (χ1v) is 28.3. The molecule has 0 bridgehead atoms. The molecule has 0 unspecified atom stereocenters. The number of fused-ring (bicyclic) bond motifs is 16. The Labute approximate surface area is 449 Å². The number of para-hydroxylation sites is 1. The number of imidazole rings is 1. The Bertz CT molecular complexity index is 4520. The third-order valence-corrected chi connectivity index (χ3v) is 19.8. The van der Waals surface area contributed by atoms with E-state index in [1.807, 2.05) is 11.3 Å². The summed E-state index contributed by atoms with van der Waals surface area (Å²) in [6, 6.07) is 65.4. The Hall–Kier alpha value is -7.67. The summed E-state index contributed by atoms with van der Waals surface area (Å²) < 4.78 is 7.68. The van der Waals surface area contributed by atoms with Crippen LogP contribution < -0.4 is 15.7 Å². The van der Waals surface area contributed by atoms with Crippen molar-refractivity contribution in [1.29, 1.82) is 0 Å². The van der Waals surface area contributed by atoms with E-state index in [0.717, 1.165) is 28.1 Å². The first-order chi connectivity index (χ1) is 36.5. The van der Waals surface area contributed by atoms with E-state index in [-0.39, 0.29) is 28.5 Å². The molecule has 0 fully saturated rings. The fraction of sp³-hybridized carbons (Fsp3) is 0.214. The molecule has 2 aliphatic carbocycles. The lowest BCUT2D eigenvalue weighted by molar-refractivity contribution is 0.331. The molecule has 0 N–H and O–H groups in total. The third-order valence-electron chi connectivity index (χ3n) is 18.7. The highest BCUT2D eigenvalue weighted by molar-refractivity contribution is 7.25. The van der Waals surface area contributed by atoms with E-state index in [2.05, 4.69) is 246 Å². The lowest BCUT2D eigenvalue weighted by atomic mass is 9.44. The molecule has 0 spiro atoms. The lowest BCUT2D eigenvalue weighted by Gasteiger charge is -2.42. The number of aromatic nitrogens is 3. The van der Waals surface area contributed by atoms with E-state index >= 15 is 0 Å². The Morgan fingerprint density at radius 2 is 1.17 bits per heavy atom. The molecule has 0 radical (unpaired) electrons. The summed E-state index contributed by atoms with van der Waals surface area (Å²) in [4.78, 5) is 8.39. The molecule has 9 aromatic carbocycles. The molecule has 4 nitrogen and oxygen atoms in total. The summed E-state index contributed by atoms with van der Waals surface area (Å²) in [5.74, 6) is 0.936. The third kappa shape index (κ3) is 5.89. The van der Waals surface area contributed by atoms with Gasteiger partial charge in [-0.2, -0.15) is 0 Å². The lowest BCUT2D eigenvalue weighted by Crippen LogP contribution is -2.60. The highest BCUT2D eigenvalue weighted by Gasteiger charge is 2.48. The SMILES string of the molecule is CC(C)(C)c1ccc(N2B3c4cc5nc(-c6ccccc6)n(-c6ccccc6)c5cc4-n4c5cc6c(cc5c5ccc(c3c54)-c3cc4c(cc32)-c2cc3c(cc2C4(C)C)C(C)(C)CCC3(C)C)sc2ccccc26)cc1. The average molecular weight is 999 g/mol. The summed E-state index contributed by atoms with van der Waals surface area (Å²) >= 11 is 1.90. The predicted molar refractivity (Wildman–Crippen MR) is 324 cm³/mol. The van der Waals surface area contributed by atoms with Gasteiger partial charge >= 0.3 is 6.85 Å². The van der Waals surface area contributed by atoms with E-state index in [4.69, 9.17) is 4.98 Å². The molecule has 0 saturated heterocycles. The molecule has 3 aromatic heterocycles. The molecular formula is C70H59BN4S. The van der Waals surface area contributed by atoms with Gasteiger partial charge < -0.3 is 9.38 Å². The summed E-state index contributed by atoms with van der Waals surface area (Å²) in [5.41, 5.74) is 25.7. The maximum atomic E-state index is 5.66. The van der Waals surface area contributed by atoms with Crippen LogP contribution in [0.5, 0.6) is 0 Å². The number of hydrogen-bond acceptors (Lipinski definition) is 3. The van der Waals surface area contributed by atoms with Crippen LogP contribution in [0.4, 0.5) is 11.4 Å². The average Bonchev–Trinajstić information content (AvgIpc) is 4.25. The normalized spacial score (nSPS) is 16.4. The van der Waals surface area contributed by atoms with E-state index in [1.54, 1.807) is 0 Å². The molecule has 2 aliphatic heterocycles. The van der Waals surface area contributed by atoms with Crippen LogP contribution in [0.2, 0.25) is 0 Å². The van der Waals surface area contributed by atoms with Crippen LogP contribution >= 0.6 is 11.3 Å². The topological polar surface area (TPSA) is 26.0 Å². The molecule has 0 amide bonds. The van der Waals surface area contributed by atoms with Crippen molar-refractivity contribution in [2.75, 3.05) is 4.81 Å². The minimum atomic E-state index is -0.195. The van der Waals surface area contributed by atoms with Gasteiger partial charge in [0.2, 0.25) is 0 Å². The highest BCUT2D eigenvalue weighted by atomic mass is 32.1. The molecule has 0 saturated carbocycles. The largest absolute Gasteiger partial charge is 0.376 e. The minimum Gasteiger partial charge on any atom is -0.376 e. The second-order valence-corrected chi connectivity index (χ2v) is 26.5. The molecule has 76 heavy (non-hydrogen) atoms. The van der Waals surface area contributed by atoms with Gasteiger partial charge in [0.1, 0.15) is 5.82 Å². The molecule has 12 aromatic rings. The van der Waals surface area contributed by atoms with Crippen molar-refractivity contribution in [1.82, 2.24) is 14.1 Å². The van der Waals surface area contributed by atoms with E-state index in [0.29, 0.717) is 0 Å². The van der Waals surface area contributed by atoms with Crippen LogP contribution in [-0.4, -0.2) is 21.0 Å². The van der Waals surface area contributed by atoms with Gasteiger partial charge in [-0.15, -0.1) is 11.3 Å². The standard InChI is InChI=1S/C70H59BN4S/c1-67(2,3)41-24-26-43(27-25-41)75-59-34-48-47-32-54-55(69(6,7)31-30-68(54,4)5)37-53(47)70(8,9)52(48)33-49(59)45-28-29-46-50-36-63-51(44-22-16-17-23-62(44)76-63)35-58(50)74-60-39-61-57(38-56(60)71(75)64(45)65(46)74)72-66(40-18-12-10-13-19-40)73(61)42-20-14-11-15-21-42/h10-29,32-39H,30-31H2,1-9H3. The summed E-state index contributed by atoms with van der Waals surface area (Å²) in [7, 11) is 0. The molecule has 5 heterocycles. The summed E-state index contributed by atoms with van der Waals surface area (Å²) in [5, 5.41) is 5.20. The van der Waals surface area contributed by atoms with Gasteiger partial charge in [-0.3, -0.25) is 4.57 Å². The first-order valence-electron chi connectivity index (χ1n) is 27.4. The van der Waals surface area contributed by atoms with Crippen molar-refractivity contribution < 1.29 is 0 Å². The summed E-state index contributed by atoms with van der Waals surface area (Å²) in [6.45, 7) is 21.6. The number of rotatable bonds is 3. The smallest absolute Gasteiger partial charge is 0.333 e. The predicted octanol–water partition coefficient (Wildman–Crippen LogP) is 17.3. The van der Waals surface area contributed by atoms with E-state index < -0.39 is 0 Å². The number of hydrogen-bond donors (Lipinski definition) is 0. The monoisotopic (exact) mass is 998 g/mol. The van der Waals surface area contributed by atoms with Gasteiger partial charge in [0.15, 0.2) is 0 Å². The Morgan fingerprint density at radius 1 is 0.500 bits per heavy atom. The van der Waals surface area contributed by atoms with E-state index in [9.17, 15) is 0 Å². The number of anilines is 2. The first kappa shape index (κ1) is 44.6. The van der Waals surface area contributed by atoms with Crippen LogP contribution in [0.15, 0.2) is 170 Å².